The molecule has 1 N–H and O–H groups in total. The molecule has 0 radical (unpaired) electrons. The van der Waals surface area contributed by atoms with Crippen molar-refractivity contribution in [3.8, 4) is 5.75 Å². The normalized spacial score (nSPS) is 15.6. The van der Waals surface area contributed by atoms with Gasteiger partial charge in [-0.25, -0.2) is 0 Å². The minimum Gasteiger partial charge on any atom is -0.494 e. The SMILES string of the molecule is CCOc1cccc(C(=O)CC2CNC2)c1. The lowest BCUT2D eigenvalue weighted by atomic mass is 9.94. The highest BCUT2D eigenvalue weighted by atomic mass is 16.5. The largest absolute Gasteiger partial charge is 0.494 e. The van der Waals surface area contributed by atoms with E-state index in [1.54, 1.807) is 0 Å². The van der Waals surface area contributed by atoms with Crippen molar-refractivity contribution < 1.29 is 9.53 Å². The van der Waals surface area contributed by atoms with Crippen molar-refractivity contribution >= 4 is 5.78 Å². The van der Waals surface area contributed by atoms with Gasteiger partial charge in [0.25, 0.3) is 0 Å². The van der Waals surface area contributed by atoms with Crippen molar-refractivity contribution in [1.29, 1.82) is 0 Å². The maximum Gasteiger partial charge on any atom is 0.163 e. The van der Waals surface area contributed by atoms with Crippen LogP contribution in [-0.2, 0) is 0 Å². The van der Waals surface area contributed by atoms with Crippen LogP contribution in [-0.4, -0.2) is 25.5 Å². The van der Waals surface area contributed by atoms with Gasteiger partial charge in [-0.3, -0.25) is 4.79 Å². The van der Waals surface area contributed by atoms with Crippen molar-refractivity contribution in [3.05, 3.63) is 29.8 Å². The Labute approximate surface area is 95.8 Å². The summed E-state index contributed by atoms with van der Waals surface area (Å²) in [6, 6.07) is 7.44. The van der Waals surface area contributed by atoms with E-state index in [4.69, 9.17) is 4.74 Å². The first kappa shape index (κ1) is 11.1. The molecule has 0 unspecified atom stereocenters. The van der Waals surface area contributed by atoms with E-state index in [1.807, 2.05) is 31.2 Å². The highest BCUT2D eigenvalue weighted by Gasteiger charge is 2.20. The van der Waals surface area contributed by atoms with Crippen molar-refractivity contribution in [2.24, 2.45) is 5.92 Å². The minimum atomic E-state index is 0.216. The average molecular weight is 219 g/mol. The molecular formula is C13H17NO2. The third kappa shape index (κ3) is 2.61. The van der Waals surface area contributed by atoms with Gasteiger partial charge in [-0.2, -0.15) is 0 Å². The van der Waals surface area contributed by atoms with Crippen molar-refractivity contribution in [2.45, 2.75) is 13.3 Å². The zero-order valence-electron chi connectivity index (χ0n) is 9.53. The summed E-state index contributed by atoms with van der Waals surface area (Å²) in [4.78, 5) is 11.9. The van der Waals surface area contributed by atoms with E-state index in [1.165, 1.54) is 0 Å². The van der Waals surface area contributed by atoms with E-state index in [0.717, 1.165) is 24.4 Å². The summed E-state index contributed by atoms with van der Waals surface area (Å²) in [5, 5.41) is 3.17. The van der Waals surface area contributed by atoms with Crippen molar-refractivity contribution in [2.75, 3.05) is 19.7 Å². The summed E-state index contributed by atoms with van der Waals surface area (Å²) in [7, 11) is 0. The summed E-state index contributed by atoms with van der Waals surface area (Å²) in [6.07, 6.45) is 0.641. The molecule has 3 heteroatoms. The minimum absolute atomic E-state index is 0.216. The van der Waals surface area contributed by atoms with Gasteiger partial charge in [0.1, 0.15) is 5.75 Å². The van der Waals surface area contributed by atoms with E-state index in [9.17, 15) is 4.79 Å². The molecule has 1 heterocycles. The zero-order chi connectivity index (χ0) is 11.4. The average Bonchev–Trinajstić information content (AvgIpc) is 2.24. The molecule has 0 atom stereocenters. The predicted molar refractivity (Wildman–Crippen MR) is 62.9 cm³/mol. The van der Waals surface area contributed by atoms with E-state index >= 15 is 0 Å². The third-order valence-corrected chi connectivity index (χ3v) is 2.81. The van der Waals surface area contributed by atoms with Crippen LogP contribution < -0.4 is 10.1 Å². The fourth-order valence-corrected chi connectivity index (χ4v) is 1.80. The lowest BCUT2D eigenvalue weighted by Gasteiger charge is -2.26. The summed E-state index contributed by atoms with van der Waals surface area (Å²) >= 11 is 0. The Morgan fingerprint density at radius 1 is 1.50 bits per heavy atom. The molecule has 1 aliphatic heterocycles. The Kier molecular flexibility index (Phi) is 3.57. The Hall–Kier alpha value is -1.35. The van der Waals surface area contributed by atoms with Crippen molar-refractivity contribution in [1.82, 2.24) is 5.32 Å². The van der Waals surface area contributed by atoms with E-state index < -0.39 is 0 Å². The van der Waals surface area contributed by atoms with Crippen LogP contribution in [0.3, 0.4) is 0 Å². The highest BCUT2D eigenvalue weighted by Crippen LogP contribution is 2.18. The topological polar surface area (TPSA) is 38.3 Å². The molecule has 0 aliphatic carbocycles. The lowest BCUT2D eigenvalue weighted by Crippen LogP contribution is -2.42. The number of carbonyl (C=O) groups is 1. The second-order valence-corrected chi connectivity index (χ2v) is 4.11. The quantitative estimate of drug-likeness (QED) is 0.768. The summed E-state index contributed by atoms with van der Waals surface area (Å²) in [6.45, 7) is 4.51. The maximum atomic E-state index is 11.9. The van der Waals surface area contributed by atoms with Gasteiger partial charge in [-0.15, -0.1) is 0 Å². The van der Waals surface area contributed by atoms with Gasteiger partial charge in [0.05, 0.1) is 6.61 Å². The molecule has 3 nitrogen and oxygen atoms in total. The molecule has 1 aromatic carbocycles. The number of ether oxygens (including phenoxy) is 1. The number of Topliss-reactive ketones (excluding diaryl/α,β-unsaturated/α-hetero) is 1. The molecule has 0 spiro atoms. The number of benzene rings is 1. The molecule has 86 valence electrons. The van der Waals surface area contributed by atoms with Gasteiger partial charge in [0.15, 0.2) is 5.78 Å². The molecular weight excluding hydrogens is 202 g/mol. The van der Waals surface area contributed by atoms with E-state index in [2.05, 4.69) is 5.32 Å². The maximum absolute atomic E-state index is 11.9. The van der Waals surface area contributed by atoms with Gasteiger partial charge in [0.2, 0.25) is 0 Å². The Balaban J connectivity index is 2.00. The Morgan fingerprint density at radius 2 is 2.31 bits per heavy atom. The number of nitrogens with one attached hydrogen (secondary N) is 1. The molecule has 0 aromatic heterocycles. The highest BCUT2D eigenvalue weighted by molar-refractivity contribution is 5.96. The zero-order valence-corrected chi connectivity index (χ0v) is 9.53. The summed E-state index contributed by atoms with van der Waals surface area (Å²) in [5.74, 6) is 1.51. The number of carbonyl (C=O) groups excluding carboxylic acids is 1. The standard InChI is InChI=1S/C13H17NO2/c1-2-16-12-5-3-4-11(7-12)13(15)6-10-8-14-9-10/h3-5,7,10,14H,2,6,8-9H2,1H3. The van der Waals surface area contributed by atoms with Gasteiger partial charge in [-0.05, 0) is 38.1 Å². The molecule has 0 amide bonds. The first-order valence-electron chi connectivity index (χ1n) is 5.76. The van der Waals surface area contributed by atoms with Crippen LogP contribution in [0.5, 0.6) is 5.75 Å². The first-order valence-corrected chi connectivity index (χ1v) is 5.76. The van der Waals surface area contributed by atoms with E-state index in [-0.39, 0.29) is 5.78 Å². The van der Waals surface area contributed by atoms with Gasteiger partial charge in [-0.1, -0.05) is 12.1 Å². The molecule has 1 fully saturated rings. The van der Waals surface area contributed by atoms with Crippen LogP contribution >= 0.6 is 0 Å². The second-order valence-electron chi connectivity index (χ2n) is 4.11. The summed E-state index contributed by atoms with van der Waals surface area (Å²) < 4.78 is 5.38. The number of hydrogen-bond acceptors (Lipinski definition) is 3. The van der Waals surface area contributed by atoms with E-state index in [0.29, 0.717) is 18.9 Å². The summed E-state index contributed by atoms with van der Waals surface area (Å²) in [5.41, 5.74) is 0.762. The van der Waals surface area contributed by atoms with Crippen molar-refractivity contribution in [3.63, 3.8) is 0 Å². The van der Waals surface area contributed by atoms with Crippen LogP contribution in [0, 0.1) is 5.92 Å². The molecule has 2 rings (SSSR count). The molecule has 16 heavy (non-hydrogen) atoms. The number of ketones is 1. The Morgan fingerprint density at radius 3 is 2.94 bits per heavy atom. The van der Waals surface area contributed by atoms with Crippen LogP contribution in [0.4, 0.5) is 0 Å². The predicted octanol–water partition coefficient (Wildman–Crippen LogP) is 1.88. The van der Waals surface area contributed by atoms with Gasteiger partial charge >= 0.3 is 0 Å². The molecule has 1 saturated heterocycles. The lowest BCUT2D eigenvalue weighted by molar-refractivity contribution is 0.0945. The third-order valence-electron chi connectivity index (χ3n) is 2.81. The fourth-order valence-electron chi connectivity index (χ4n) is 1.80. The monoisotopic (exact) mass is 219 g/mol. The van der Waals surface area contributed by atoms with Crippen LogP contribution in [0.2, 0.25) is 0 Å². The second kappa shape index (κ2) is 5.12. The molecule has 0 bridgehead atoms. The smallest absolute Gasteiger partial charge is 0.163 e. The van der Waals surface area contributed by atoms with Gasteiger partial charge < -0.3 is 10.1 Å². The fraction of sp³-hybridized carbons (Fsp3) is 0.462. The first-order chi connectivity index (χ1) is 7.79. The molecule has 0 saturated carbocycles. The molecule has 1 aromatic rings. The Bertz CT molecular complexity index is 372. The molecule has 1 aliphatic rings. The number of rotatable bonds is 5. The van der Waals surface area contributed by atoms with Gasteiger partial charge in [0, 0.05) is 12.0 Å². The number of hydrogen-bond donors (Lipinski definition) is 1. The van der Waals surface area contributed by atoms with Crippen LogP contribution in [0.1, 0.15) is 23.7 Å². The van der Waals surface area contributed by atoms with Crippen LogP contribution in [0.15, 0.2) is 24.3 Å². The van der Waals surface area contributed by atoms with Crippen LogP contribution in [0.25, 0.3) is 0 Å².